The van der Waals surface area contributed by atoms with Gasteiger partial charge in [-0.2, -0.15) is 0 Å². The molecule has 3 aliphatic heterocycles. The van der Waals surface area contributed by atoms with Crippen molar-refractivity contribution in [1.82, 2.24) is 0 Å². The summed E-state index contributed by atoms with van der Waals surface area (Å²) >= 11 is 0. The van der Waals surface area contributed by atoms with Gasteiger partial charge in [-0.25, -0.2) is 9.59 Å². The Morgan fingerprint density at radius 1 is 1.24 bits per heavy atom. The second kappa shape index (κ2) is 7.15. The second-order valence-corrected chi connectivity index (χ2v) is 10.5. The van der Waals surface area contributed by atoms with Crippen molar-refractivity contribution >= 4 is 17.9 Å². The lowest BCUT2D eigenvalue weighted by Gasteiger charge is -2.30. The number of hydrogen-bond acceptors (Lipinski definition) is 8. The maximum Gasteiger partial charge on any atom is 0.341 e. The van der Waals surface area contributed by atoms with Crippen LogP contribution < -0.4 is 0 Å². The first-order chi connectivity index (χ1) is 15.4. The van der Waals surface area contributed by atoms with E-state index in [2.05, 4.69) is 6.58 Å². The van der Waals surface area contributed by atoms with Crippen LogP contribution in [0.3, 0.4) is 0 Å². The van der Waals surface area contributed by atoms with Crippen molar-refractivity contribution in [2.75, 3.05) is 0 Å². The van der Waals surface area contributed by atoms with Crippen molar-refractivity contribution in [3.05, 3.63) is 23.3 Å². The second-order valence-electron chi connectivity index (χ2n) is 10.5. The average molecular weight is 461 g/mol. The minimum atomic E-state index is -0.978. The predicted octanol–water partition coefficient (Wildman–Crippen LogP) is 2.64. The first-order valence-corrected chi connectivity index (χ1v) is 11.8. The van der Waals surface area contributed by atoms with Gasteiger partial charge in [-0.1, -0.05) is 26.0 Å². The number of ether oxygens (including phenoxy) is 5. The average Bonchev–Trinajstić information content (AvgIpc) is 3.56. The van der Waals surface area contributed by atoms with Gasteiger partial charge in [-0.05, 0) is 39.7 Å². The van der Waals surface area contributed by atoms with Crippen LogP contribution in [0.5, 0.6) is 0 Å². The first-order valence-electron chi connectivity index (χ1n) is 11.8. The molecule has 1 saturated carbocycles. The SMILES string of the molecule is C=C1C(=O)O[C@H]2[C@H]1[C@H](OC(=O)[C@]1(C)O[C@@H]1C)CC(C)=C1[C@@H](OC(=O)[C@@H](C)CC)[C@H]3O[C@@]3(C)[C@@H]12. The molecule has 0 radical (unpaired) electrons. The fourth-order valence-corrected chi connectivity index (χ4v) is 5.83. The van der Waals surface area contributed by atoms with Gasteiger partial charge >= 0.3 is 17.9 Å². The van der Waals surface area contributed by atoms with Gasteiger partial charge in [0.25, 0.3) is 0 Å². The summed E-state index contributed by atoms with van der Waals surface area (Å²) in [5.41, 5.74) is 0.578. The van der Waals surface area contributed by atoms with Gasteiger partial charge < -0.3 is 23.7 Å². The Hall–Kier alpha value is -2.19. The quantitative estimate of drug-likeness (QED) is 0.203. The number of carbonyl (C=O) groups excluding carboxylic acids is 3. The van der Waals surface area contributed by atoms with Crippen LogP contribution in [0.25, 0.3) is 0 Å². The van der Waals surface area contributed by atoms with Crippen LogP contribution in [0.2, 0.25) is 0 Å². The zero-order chi connectivity index (χ0) is 24.0. The van der Waals surface area contributed by atoms with Crippen LogP contribution in [0.15, 0.2) is 23.3 Å². The van der Waals surface area contributed by atoms with E-state index in [-0.39, 0.29) is 30.0 Å². The minimum Gasteiger partial charge on any atom is -0.459 e. The summed E-state index contributed by atoms with van der Waals surface area (Å²) in [7, 11) is 0. The summed E-state index contributed by atoms with van der Waals surface area (Å²) in [6, 6.07) is 0. The molecule has 0 amide bonds. The molecule has 5 aliphatic rings. The van der Waals surface area contributed by atoms with Crippen LogP contribution >= 0.6 is 0 Å². The topological polar surface area (TPSA) is 104 Å². The van der Waals surface area contributed by atoms with E-state index in [1.165, 1.54) is 0 Å². The zero-order valence-electron chi connectivity index (χ0n) is 20.0. The molecular formula is C25H32O8. The van der Waals surface area contributed by atoms with E-state index < -0.39 is 47.4 Å². The highest BCUT2D eigenvalue weighted by Gasteiger charge is 2.75. The Balaban J connectivity index is 1.51. The van der Waals surface area contributed by atoms with Crippen molar-refractivity contribution in [2.45, 2.75) is 96.1 Å². The molecular weight excluding hydrogens is 428 g/mol. The zero-order valence-corrected chi connectivity index (χ0v) is 20.0. The van der Waals surface area contributed by atoms with Crippen molar-refractivity contribution in [2.24, 2.45) is 17.8 Å². The molecule has 180 valence electrons. The molecule has 8 nitrogen and oxygen atoms in total. The van der Waals surface area contributed by atoms with Gasteiger partial charge in [0.2, 0.25) is 0 Å². The lowest BCUT2D eigenvalue weighted by Crippen LogP contribution is -2.41. The van der Waals surface area contributed by atoms with Crippen molar-refractivity contribution in [3.8, 4) is 0 Å². The van der Waals surface area contributed by atoms with E-state index in [1.807, 2.05) is 34.6 Å². The highest BCUT2D eigenvalue weighted by Crippen LogP contribution is 2.63. The number of rotatable bonds is 5. The molecule has 3 saturated heterocycles. The van der Waals surface area contributed by atoms with Crippen molar-refractivity contribution in [1.29, 1.82) is 0 Å². The third-order valence-corrected chi connectivity index (χ3v) is 8.48. The highest BCUT2D eigenvalue weighted by molar-refractivity contribution is 5.91. The monoisotopic (exact) mass is 460 g/mol. The normalized spacial score (nSPS) is 45.9. The maximum absolute atomic E-state index is 12.9. The van der Waals surface area contributed by atoms with E-state index in [0.717, 1.165) is 11.1 Å². The van der Waals surface area contributed by atoms with Crippen LogP contribution in [0.4, 0.5) is 0 Å². The Kier molecular flexibility index (Phi) is 4.90. The highest BCUT2D eigenvalue weighted by atomic mass is 16.7. The first kappa shape index (κ1) is 22.6. The molecule has 0 N–H and O–H groups in total. The molecule has 33 heavy (non-hydrogen) atoms. The van der Waals surface area contributed by atoms with Crippen LogP contribution in [0.1, 0.15) is 54.4 Å². The molecule has 5 rings (SSSR count). The third-order valence-electron chi connectivity index (χ3n) is 8.48. The molecule has 8 heteroatoms. The molecule has 0 bridgehead atoms. The number of epoxide rings is 2. The number of esters is 3. The fourth-order valence-electron chi connectivity index (χ4n) is 5.83. The smallest absolute Gasteiger partial charge is 0.341 e. The number of carbonyl (C=O) groups is 3. The lowest BCUT2D eigenvalue weighted by atomic mass is 9.80. The van der Waals surface area contributed by atoms with Crippen LogP contribution in [-0.4, -0.2) is 59.6 Å². The molecule has 10 atom stereocenters. The Labute approximate surface area is 193 Å². The van der Waals surface area contributed by atoms with E-state index >= 15 is 0 Å². The summed E-state index contributed by atoms with van der Waals surface area (Å²) in [6.45, 7) is 15.2. The standard InChI is InChI=1S/C25H32O8/c1-8-10(2)21(26)31-19-15-11(3)9-14(29-23(28)24(6)13(5)32-24)16-12(4)22(27)30-18(16)17(15)25(7)20(19)33-25/h10,13-14,16-20H,4,8-9H2,1-3,5-7H3/t10-,13+,14+,16+,17-,18-,19+,20+,24+,25-/m0/s1. The van der Waals surface area contributed by atoms with Gasteiger partial charge in [-0.15, -0.1) is 0 Å². The van der Waals surface area contributed by atoms with Crippen LogP contribution in [0, 0.1) is 17.8 Å². The summed E-state index contributed by atoms with van der Waals surface area (Å²) in [5.74, 6) is -2.27. The number of fused-ring (bicyclic) bond motifs is 5. The summed E-state index contributed by atoms with van der Waals surface area (Å²) in [5, 5.41) is 0. The molecule has 0 aromatic rings. The predicted molar refractivity (Wildman–Crippen MR) is 115 cm³/mol. The molecule has 3 heterocycles. The van der Waals surface area contributed by atoms with Gasteiger partial charge in [0.05, 0.1) is 23.9 Å². The Morgan fingerprint density at radius 3 is 2.52 bits per heavy atom. The fraction of sp³-hybridized carbons (Fsp3) is 0.720. The number of hydrogen-bond donors (Lipinski definition) is 0. The third kappa shape index (κ3) is 3.13. The van der Waals surface area contributed by atoms with E-state index in [9.17, 15) is 14.4 Å². The lowest BCUT2D eigenvalue weighted by molar-refractivity contribution is -0.159. The van der Waals surface area contributed by atoms with Gasteiger partial charge in [0.1, 0.15) is 23.9 Å². The largest absolute Gasteiger partial charge is 0.459 e. The summed E-state index contributed by atoms with van der Waals surface area (Å²) in [6.07, 6.45) is -1.24. The van der Waals surface area contributed by atoms with Gasteiger partial charge in [0, 0.05) is 12.0 Å². The van der Waals surface area contributed by atoms with Gasteiger partial charge in [-0.3, -0.25) is 4.79 Å². The Morgan fingerprint density at radius 2 is 1.91 bits per heavy atom. The Bertz CT molecular complexity index is 983. The summed E-state index contributed by atoms with van der Waals surface area (Å²) in [4.78, 5) is 38.2. The minimum absolute atomic E-state index is 0.223. The maximum atomic E-state index is 12.9. The molecule has 0 aromatic heterocycles. The van der Waals surface area contributed by atoms with Crippen molar-refractivity contribution < 1.29 is 38.1 Å². The van der Waals surface area contributed by atoms with E-state index in [4.69, 9.17) is 23.7 Å². The van der Waals surface area contributed by atoms with Crippen molar-refractivity contribution in [3.63, 3.8) is 0 Å². The molecule has 2 aliphatic carbocycles. The summed E-state index contributed by atoms with van der Waals surface area (Å²) < 4.78 is 29.2. The van der Waals surface area contributed by atoms with E-state index in [0.29, 0.717) is 18.4 Å². The molecule has 4 fully saturated rings. The molecule has 0 spiro atoms. The van der Waals surface area contributed by atoms with Gasteiger partial charge in [0.15, 0.2) is 11.7 Å². The van der Waals surface area contributed by atoms with E-state index in [1.54, 1.807) is 6.92 Å². The molecule has 0 aromatic carbocycles. The molecule has 0 unspecified atom stereocenters. The van der Waals surface area contributed by atoms with Crippen LogP contribution in [-0.2, 0) is 38.1 Å².